The van der Waals surface area contributed by atoms with Crippen molar-refractivity contribution in [3.63, 3.8) is 0 Å². The highest BCUT2D eigenvalue weighted by Gasteiger charge is 2.11. The van der Waals surface area contributed by atoms with Crippen LogP contribution in [-0.4, -0.2) is 55.2 Å². The van der Waals surface area contributed by atoms with E-state index in [1.54, 1.807) is 11.3 Å². The topological polar surface area (TPSA) is 59.9 Å². The average molecular weight is 519 g/mol. The van der Waals surface area contributed by atoms with E-state index in [0.29, 0.717) is 6.54 Å². The molecule has 1 atom stereocenters. The molecule has 0 saturated carbocycles. The number of benzene rings is 1. The normalized spacial score (nSPS) is 12.8. The molecule has 28 heavy (non-hydrogen) atoms. The van der Waals surface area contributed by atoms with E-state index in [2.05, 4.69) is 59.5 Å². The zero-order valence-electron chi connectivity index (χ0n) is 17.3. The number of nitrogens with one attached hydrogen (secondary N) is 2. The van der Waals surface area contributed by atoms with Gasteiger partial charge in [0.2, 0.25) is 0 Å². The molecule has 0 bridgehead atoms. The van der Waals surface area contributed by atoms with Gasteiger partial charge in [0, 0.05) is 22.7 Å². The maximum absolute atomic E-state index is 10.5. The van der Waals surface area contributed by atoms with E-state index >= 15 is 0 Å². The zero-order valence-corrected chi connectivity index (χ0v) is 20.4. The van der Waals surface area contributed by atoms with Crippen LogP contribution in [0.1, 0.15) is 44.6 Å². The number of unbranched alkanes of at least 4 members (excludes halogenated alkanes) is 1. The monoisotopic (exact) mass is 518 g/mol. The van der Waals surface area contributed by atoms with E-state index < -0.39 is 6.10 Å². The van der Waals surface area contributed by atoms with E-state index in [1.165, 1.54) is 16.5 Å². The fourth-order valence-electron chi connectivity index (χ4n) is 2.98. The van der Waals surface area contributed by atoms with Crippen LogP contribution in [0.3, 0.4) is 0 Å². The lowest BCUT2D eigenvalue weighted by molar-refractivity contribution is 0.191. The second-order valence-corrected chi connectivity index (χ2v) is 7.70. The third-order valence-corrected chi connectivity index (χ3v) is 5.84. The number of nitrogens with zero attached hydrogens (tertiary/aromatic N) is 2. The van der Waals surface area contributed by atoms with Crippen molar-refractivity contribution in [2.75, 3.05) is 39.3 Å². The Morgan fingerprint density at radius 2 is 1.89 bits per heavy atom. The fourth-order valence-corrected chi connectivity index (χ4v) is 4.02. The Morgan fingerprint density at radius 1 is 1.14 bits per heavy atom. The maximum atomic E-state index is 10.5. The molecule has 0 aliphatic rings. The molecule has 0 aliphatic carbocycles. The molecule has 0 fully saturated rings. The van der Waals surface area contributed by atoms with Crippen molar-refractivity contribution in [2.24, 2.45) is 4.99 Å². The summed E-state index contributed by atoms with van der Waals surface area (Å²) in [6, 6.07) is 10.3. The minimum atomic E-state index is -0.569. The highest BCUT2D eigenvalue weighted by Crippen LogP contribution is 2.29. The SMILES string of the molecule is CCNC(=NCC(O)c1cc2ccccc2s1)NCCCCN(CC)CC.I. The number of thiophene rings is 1. The molecule has 2 rings (SSSR count). The first-order valence-corrected chi connectivity index (χ1v) is 10.9. The molecule has 0 spiro atoms. The first-order valence-electron chi connectivity index (χ1n) is 10.1. The second-order valence-electron chi connectivity index (χ2n) is 6.58. The third kappa shape index (κ3) is 8.23. The molecule has 3 N–H and O–H groups in total. The van der Waals surface area contributed by atoms with Crippen LogP contribution in [0.4, 0.5) is 0 Å². The van der Waals surface area contributed by atoms with Crippen molar-refractivity contribution < 1.29 is 5.11 Å². The van der Waals surface area contributed by atoms with Gasteiger partial charge in [0.05, 0.1) is 6.54 Å². The summed E-state index contributed by atoms with van der Waals surface area (Å²) in [7, 11) is 0. The fraction of sp³-hybridized carbons (Fsp3) is 0.571. The van der Waals surface area contributed by atoms with Gasteiger partial charge >= 0.3 is 0 Å². The van der Waals surface area contributed by atoms with E-state index in [0.717, 1.165) is 50.0 Å². The van der Waals surface area contributed by atoms with Crippen molar-refractivity contribution in [1.82, 2.24) is 15.5 Å². The van der Waals surface area contributed by atoms with E-state index in [-0.39, 0.29) is 24.0 Å². The van der Waals surface area contributed by atoms with Gasteiger partial charge in [0.1, 0.15) is 6.10 Å². The first kappa shape index (κ1) is 25.1. The van der Waals surface area contributed by atoms with Gasteiger partial charge in [-0.1, -0.05) is 32.0 Å². The molecule has 0 saturated heterocycles. The summed E-state index contributed by atoms with van der Waals surface area (Å²) in [5.41, 5.74) is 0. The van der Waals surface area contributed by atoms with E-state index in [1.807, 2.05) is 12.1 Å². The minimum absolute atomic E-state index is 0. The molecular formula is C21H35IN4OS. The molecule has 5 nitrogen and oxygen atoms in total. The number of hydrogen-bond acceptors (Lipinski definition) is 4. The summed E-state index contributed by atoms with van der Waals surface area (Å²) in [5, 5.41) is 18.3. The first-order chi connectivity index (χ1) is 13.2. The Balaban J connectivity index is 0.00000392. The Morgan fingerprint density at radius 3 is 2.57 bits per heavy atom. The molecule has 1 aromatic heterocycles. The summed E-state index contributed by atoms with van der Waals surface area (Å²) in [4.78, 5) is 7.98. The van der Waals surface area contributed by atoms with Gasteiger partial charge in [-0.05, 0) is 56.9 Å². The smallest absolute Gasteiger partial charge is 0.191 e. The van der Waals surface area contributed by atoms with Crippen molar-refractivity contribution >= 4 is 51.4 Å². The molecule has 0 aliphatic heterocycles. The number of fused-ring (bicyclic) bond motifs is 1. The Kier molecular flexibility index (Phi) is 12.7. The molecule has 1 heterocycles. The number of aliphatic hydroxyl groups excluding tert-OH is 1. The highest BCUT2D eigenvalue weighted by atomic mass is 127. The Labute approximate surface area is 190 Å². The van der Waals surface area contributed by atoms with Crippen molar-refractivity contribution in [1.29, 1.82) is 0 Å². The van der Waals surface area contributed by atoms with Crippen LogP contribution in [0.5, 0.6) is 0 Å². The van der Waals surface area contributed by atoms with Crippen LogP contribution in [0, 0.1) is 0 Å². The van der Waals surface area contributed by atoms with Crippen LogP contribution in [0.25, 0.3) is 10.1 Å². The van der Waals surface area contributed by atoms with Crippen LogP contribution >= 0.6 is 35.3 Å². The van der Waals surface area contributed by atoms with Gasteiger partial charge in [0.15, 0.2) is 5.96 Å². The number of aliphatic imine (C=N–C) groups is 1. The van der Waals surface area contributed by atoms with Crippen LogP contribution in [-0.2, 0) is 0 Å². The Bertz CT molecular complexity index is 670. The van der Waals surface area contributed by atoms with Crippen LogP contribution in [0.2, 0.25) is 0 Å². The number of halogens is 1. The quantitative estimate of drug-likeness (QED) is 0.180. The average Bonchev–Trinajstić information content (AvgIpc) is 3.13. The maximum Gasteiger partial charge on any atom is 0.191 e. The molecular weight excluding hydrogens is 483 g/mol. The lowest BCUT2D eigenvalue weighted by Gasteiger charge is -2.18. The minimum Gasteiger partial charge on any atom is -0.386 e. The van der Waals surface area contributed by atoms with Gasteiger partial charge in [0.25, 0.3) is 0 Å². The molecule has 7 heteroatoms. The van der Waals surface area contributed by atoms with Gasteiger partial charge in [-0.2, -0.15) is 0 Å². The number of aliphatic hydroxyl groups is 1. The number of rotatable bonds is 11. The van der Waals surface area contributed by atoms with Crippen molar-refractivity contribution in [3.05, 3.63) is 35.2 Å². The second kappa shape index (κ2) is 14.1. The van der Waals surface area contributed by atoms with Gasteiger partial charge in [-0.25, -0.2) is 0 Å². The largest absolute Gasteiger partial charge is 0.386 e. The van der Waals surface area contributed by atoms with Crippen LogP contribution < -0.4 is 10.6 Å². The summed E-state index contributed by atoms with van der Waals surface area (Å²) in [6.45, 7) is 11.9. The van der Waals surface area contributed by atoms with Gasteiger partial charge < -0.3 is 20.6 Å². The van der Waals surface area contributed by atoms with Gasteiger partial charge in [-0.15, -0.1) is 35.3 Å². The van der Waals surface area contributed by atoms with Crippen molar-refractivity contribution in [3.8, 4) is 0 Å². The molecule has 1 aromatic carbocycles. The standard InChI is InChI=1S/C21H34N4OS.HI/c1-4-22-21(23-13-9-10-14-25(5-2)6-3)24-16-18(26)20-15-17-11-7-8-12-19(17)27-20;/h7-8,11-12,15,18,26H,4-6,9-10,13-14,16H2,1-3H3,(H2,22,23,24);1H. The van der Waals surface area contributed by atoms with Crippen molar-refractivity contribution in [2.45, 2.75) is 39.7 Å². The summed E-state index contributed by atoms with van der Waals surface area (Å²) < 4.78 is 1.20. The van der Waals surface area contributed by atoms with E-state index in [9.17, 15) is 5.11 Å². The molecule has 0 amide bonds. The summed E-state index contributed by atoms with van der Waals surface area (Å²) >= 11 is 1.64. The predicted molar refractivity (Wildman–Crippen MR) is 133 cm³/mol. The number of hydrogen-bond donors (Lipinski definition) is 3. The molecule has 1 unspecified atom stereocenters. The Hall–Kier alpha value is -0.900. The third-order valence-electron chi connectivity index (χ3n) is 4.63. The molecule has 158 valence electrons. The lowest BCUT2D eigenvalue weighted by Crippen LogP contribution is -2.38. The van der Waals surface area contributed by atoms with Gasteiger partial charge in [-0.3, -0.25) is 4.99 Å². The predicted octanol–water partition coefficient (Wildman–Crippen LogP) is 4.23. The molecule has 0 radical (unpaired) electrons. The zero-order chi connectivity index (χ0) is 19.5. The highest BCUT2D eigenvalue weighted by molar-refractivity contribution is 14.0. The summed E-state index contributed by atoms with van der Waals surface area (Å²) in [5.74, 6) is 0.778. The molecule has 2 aromatic rings. The van der Waals surface area contributed by atoms with Crippen LogP contribution in [0.15, 0.2) is 35.3 Å². The van der Waals surface area contributed by atoms with E-state index in [4.69, 9.17) is 0 Å². The summed E-state index contributed by atoms with van der Waals surface area (Å²) in [6.07, 6.45) is 1.72. The lowest BCUT2D eigenvalue weighted by atomic mass is 10.2. The number of guanidine groups is 1.